The fourth-order valence-electron chi connectivity index (χ4n) is 3.81. The molecule has 6 nitrogen and oxygen atoms in total. The lowest BCUT2D eigenvalue weighted by Crippen LogP contribution is -2.61. The lowest BCUT2D eigenvalue weighted by molar-refractivity contribution is 0.0802. The molecule has 1 aromatic heterocycles. The van der Waals surface area contributed by atoms with Crippen LogP contribution in [-0.2, 0) is 0 Å². The molecule has 0 unspecified atom stereocenters. The molecule has 3 heterocycles. The third-order valence-electron chi connectivity index (χ3n) is 5.26. The number of rotatable bonds is 2. The van der Waals surface area contributed by atoms with E-state index in [0.29, 0.717) is 6.04 Å². The second kappa shape index (κ2) is 6.18. The molecule has 2 saturated heterocycles. The Kier molecular flexibility index (Phi) is 4.02. The highest BCUT2D eigenvalue weighted by molar-refractivity contribution is 5.83. The third kappa shape index (κ3) is 2.80. The number of piperazine rings is 2. The van der Waals surface area contributed by atoms with Crippen LogP contribution in [0.5, 0.6) is 5.75 Å². The highest BCUT2D eigenvalue weighted by atomic mass is 16.5. The zero-order valence-electron chi connectivity index (χ0n) is 14.7. The van der Waals surface area contributed by atoms with E-state index in [1.54, 1.807) is 7.11 Å². The Balaban J connectivity index is 1.63. The molecular weight excluding hydrogens is 302 g/mol. The maximum Gasteiger partial charge on any atom is 0.226 e. The molecule has 0 aliphatic carbocycles. The minimum Gasteiger partial charge on any atom is -0.497 e. The van der Waals surface area contributed by atoms with Gasteiger partial charge >= 0.3 is 0 Å². The molecule has 2 aliphatic heterocycles. The van der Waals surface area contributed by atoms with Gasteiger partial charge in [-0.05, 0) is 26.1 Å². The first kappa shape index (κ1) is 15.6. The molecule has 128 valence electrons. The van der Waals surface area contributed by atoms with Gasteiger partial charge < -0.3 is 14.5 Å². The van der Waals surface area contributed by atoms with Gasteiger partial charge in [0.25, 0.3) is 0 Å². The van der Waals surface area contributed by atoms with Gasteiger partial charge in [-0.1, -0.05) is 0 Å². The maximum absolute atomic E-state index is 5.34. The zero-order chi connectivity index (χ0) is 16.7. The number of fused-ring (bicyclic) bond motifs is 2. The van der Waals surface area contributed by atoms with Gasteiger partial charge in [-0.3, -0.25) is 4.90 Å². The van der Waals surface area contributed by atoms with Crippen molar-refractivity contribution in [1.29, 1.82) is 0 Å². The van der Waals surface area contributed by atoms with Crippen LogP contribution in [0.4, 0.5) is 5.95 Å². The standard InChI is InChI=1S/C18H25N5O/c1-13-16-5-4-15(24-3)10-17(16)20-18(19-13)23-9-8-22-7-6-21(2)11-14(22)12-23/h4-5,10,14H,6-9,11-12H2,1-3H3/t14-/m0/s1. The molecule has 1 aromatic carbocycles. The topological polar surface area (TPSA) is 44.7 Å². The van der Waals surface area contributed by atoms with Crippen LogP contribution in [0.25, 0.3) is 10.9 Å². The minimum atomic E-state index is 0.572. The van der Waals surface area contributed by atoms with Crippen LogP contribution in [0.1, 0.15) is 5.69 Å². The van der Waals surface area contributed by atoms with Gasteiger partial charge in [-0.25, -0.2) is 9.97 Å². The molecule has 0 spiro atoms. The largest absolute Gasteiger partial charge is 0.497 e. The minimum absolute atomic E-state index is 0.572. The quantitative estimate of drug-likeness (QED) is 0.830. The molecule has 2 fully saturated rings. The van der Waals surface area contributed by atoms with E-state index in [4.69, 9.17) is 14.7 Å². The summed E-state index contributed by atoms with van der Waals surface area (Å²) in [7, 11) is 3.90. The molecule has 1 atom stereocenters. The molecule has 6 heteroatoms. The van der Waals surface area contributed by atoms with Crippen LogP contribution >= 0.6 is 0 Å². The van der Waals surface area contributed by atoms with Crippen LogP contribution < -0.4 is 9.64 Å². The van der Waals surface area contributed by atoms with Crippen LogP contribution in [0, 0.1) is 6.92 Å². The predicted molar refractivity (Wildman–Crippen MR) is 95.9 cm³/mol. The van der Waals surface area contributed by atoms with Crippen LogP contribution in [-0.4, -0.2) is 79.2 Å². The summed E-state index contributed by atoms with van der Waals surface area (Å²) in [5.74, 6) is 1.69. The van der Waals surface area contributed by atoms with E-state index >= 15 is 0 Å². The first-order valence-corrected chi connectivity index (χ1v) is 8.64. The summed E-state index contributed by atoms with van der Waals surface area (Å²) < 4.78 is 5.34. The summed E-state index contributed by atoms with van der Waals surface area (Å²) in [6, 6.07) is 6.58. The van der Waals surface area contributed by atoms with Crippen LogP contribution in [0.15, 0.2) is 18.2 Å². The smallest absolute Gasteiger partial charge is 0.226 e. The number of anilines is 1. The molecule has 4 rings (SSSR count). The van der Waals surface area contributed by atoms with Crippen LogP contribution in [0.2, 0.25) is 0 Å². The number of methoxy groups -OCH3 is 1. The number of ether oxygens (including phenoxy) is 1. The summed E-state index contributed by atoms with van der Waals surface area (Å²) in [5.41, 5.74) is 1.99. The summed E-state index contributed by atoms with van der Waals surface area (Å²) in [6.45, 7) is 8.61. The summed E-state index contributed by atoms with van der Waals surface area (Å²) in [5, 5.41) is 1.09. The number of nitrogens with zero attached hydrogens (tertiary/aromatic N) is 5. The lowest BCUT2D eigenvalue weighted by Gasteiger charge is -2.46. The Hall–Kier alpha value is -1.92. The SMILES string of the molecule is COc1ccc2c(C)nc(N3CCN4CCN(C)C[C@H]4C3)nc2c1. The monoisotopic (exact) mass is 327 g/mol. The number of benzene rings is 1. The second-order valence-corrected chi connectivity index (χ2v) is 6.89. The first-order chi connectivity index (χ1) is 11.6. The number of aromatic nitrogens is 2. The van der Waals surface area contributed by atoms with Crippen molar-refractivity contribution in [3.8, 4) is 5.75 Å². The molecule has 0 amide bonds. The molecular formula is C18H25N5O. The Morgan fingerprint density at radius 2 is 1.92 bits per heavy atom. The molecule has 0 saturated carbocycles. The zero-order valence-corrected chi connectivity index (χ0v) is 14.7. The van der Waals surface area contributed by atoms with E-state index in [-0.39, 0.29) is 0 Å². The van der Waals surface area contributed by atoms with Gasteiger partial charge in [0.1, 0.15) is 5.75 Å². The molecule has 24 heavy (non-hydrogen) atoms. The van der Waals surface area contributed by atoms with Crippen molar-refractivity contribution in [3.63, 3.8) is 0 Å². The molecule has 2 aliphatic rings. The van der Waals surface area contributed by atoms with E-state index in [0.717, 1.165) is 54.5 Å². The molecule has 2 aromatic rings. The molecule has 0 N–H and O–H groups in total. The van der Waals surface area contributed by atoms with Gasteiger partial charge in [-0.2, -0.15) is 0 Å². The average molecular weight is 327 g/mol. The van der Waals surface area contributed by atoms with Crippen molar-refractivity contribution >= 4 is 16.9 Å². The van der Waals surface area contributed by atoms with Gasteiger partial charge in [0.2, 0.25) is 5.95 Å². The van der Waals surface area contributed by atoms with Crippen molar-refractivity contribution in [3.05, 3.63) is 23.9 Å². The van der Waals surface area contributed by atoms with Crippen molar-refractivity contribution in [1.82, 2.24) is 19.8 Å². The van der Waals surface area contributed by atoms with E-state index in [1.165, 1.54) is 13.1 Å². The Bertz CT molecular complexity index is 750. The average Bonchev–Trinajstić information content (AvgIpc) is 2.60. The van der Waals surface area contributed by atoms with Gasteiger partial charge in [0, 0.05) is 56.8 Å². The van der Waals surface area contributed by atoms with Gasteiger partial charge in [-0.15, -0.1) is 0 Å². The first-order valence-electron chi connectivity index (χ1n) is 8.64. The second-order valence-electron chi connectivity index (χ2n) is 6.89. The van der Waals surface area contributed by atoms with Crippen molar-refractivity contribution in [2.24, 2.45) is 0 Å². The molecule has 0 radical (unpaired) electrons. The summed E-state index contributed by atoms with van der Waals surface area (Å²) in [4.78, 5) is 17.0. The maximum atomic E-state index is 5.34. The van der Waals surface area contributed by atoms with Crippen LogP contribution in [0.3, 0.4) is 0 Å². The van der Waals surface area contributed by atoms with E-state index in [1.807, 2.05) is 18.2 Å². The Labute approximate surface area is 143 Å². The van der Waals surface area contributed by atoms with Gasteiger partial charge in [0.05, 0.1) is 18.3 Å². The number of likely N-dealkylation sites (N-methyl/N-ethyl adjacent to an activating group) is 1. The third-order valence-corrected chi connectivity index (χ3v) is 5.26. The number of aryl methyl sites for hydroxylation is 1. The predicted octanol–water partition coefficient (Wildman–Crippen LogP) is 1.38. The van der Waals surface area contributed by atoms with E-state index in [2.05, 4.69) is 28.7 Å². The highest BCUT2D eigenvalue weighted by Crippen LogP contribution is 2.25. The fraction of sp³-hybridized carbons (Fsp3) is 0.556. The fourth-order valence-corrected chi connectivity index (χ4v) is 3.81. The van der Waals surface area contributed by atoms with E-state index < -0.39 is 0 Å². The van der Waals surface area contributed by atoms with Crippen molar-refractivity contribution in [2.45, 2.75) is 13.0 Å². The van der Waals surface area contributed by atoms with E-state index in [9.17, 15) is 0 Å². The van der Waals surface area contributed by atoms with Gasteiger partial charge in [0.15, 0.2) is 0 Å². The summed E-state index contributed by atoms with van der Waals surface area (Å²) in [6.07, 6.45) is 0. The normalized spacial score (nSPS) is 22.6. The Morgan fingerprint density at radius 1 is 1.08 bits per heavy atom. The Morgan fingerprint density at radius 3 is 2.75 bits per heavy atom. The summed E-state index contributed by atoms with van der Waals surface area (Å²) >= 11 is 0. The number of hydrogen-bond acceptors (Lipinski definition) is 6. The van der Waals surface area contributed by atoms with Crippen molar-refractivity contribution in [2.75, 3.05) is 58.3 Å². The van der Waals surface area contributed by atoms with Crippen molar-refractivity contribution < 1.29 is 4.74 Å². The lowest BCUT2D eigenvalue weighted by atomic mass is 10.1. The number of hydrogen-bond donors (Lipinski definition) is 0. The molecule has 0 bridgehead atoms. The highest BCUT2D eigenvalue weighted by Gasteiger charge is 2.31.